The molecule has 1 amide bonds. The maximum absolute atomic E-state index is 12.1. The Bertz CT molecular complexity index is 704. The molecule has 2 aromatic carbocycles. The Labute approximate surface area is 141 Å². The van der Waals surface area contributed by atoms with Gasteiger partial charge in [-0.05, 0) is 43.3 Å². The first-order chi connectivity index (χ1) is 11.2. The molecular formula is C16H13ClF3NO3. The first-order valence-corrected chi connectivity index (χ1v) is 7.20. The normalized spacial score (nSPS) is 12.4. The molecule has 0 heterocycles. The first-order valence-electron chi connectivity index (χ1n) is 6.82. The summed E-state index contributed by atoms with van der Waals surface area (Å²) >= 11 is 5.94. The SMILES string of the molecule is C[C@@H](Oc1ccccc1Cl)C(=O)Nc1ccc(OC(F)(F)F)cc1. The van der Waals surface area contributed by atoms with Crippen LogP contribution in [0.5, 0.6) is 11.5 Å². The summed E-state index contributed by atoms with van der Waals surface area (Å²) < 4.78 is 45.4. The van der Waals surface area contributed by atoms with Crippen molar-refractivity contribution in [2.75, 3.05) is 5.32 Å². The molecule has 0 bridgehead atoms. The highest BCUT2D eigenvalue weighted by atomic mass is 35.5. The molecule has 0 aliphatic carbocycles. The molecule has 2 aromatic rings. The minimum atomic E-state index is -4.76. The fourth-order valence-electron chi connectivity index (χ4n) is 1.77. The van der Waals surface area contributed by atoms with Gasteiger partial charge in [-0.25, -0.2) is 0 Å². The standard InChI is InChI=1S/C16H13ClF3NO3/c1-10(23-14-5-3-2-4-13(14)17)15(22)21-11-6-8-12(9-7-11)24-16(18,19)20/h2-10H,1H3,(H,21,22)/t10-/m1/s1. The fraction of sp³-hybridized carbons (Fsp3) is 0.188. The summed E-state index contributed by atoms with van der Waals surface area (Å²) in [4.78, 5) is 12.1. The van der Waals surface area contributed by atoms with Gasteiger partial charge in [-0.15, -0.1) is 13.2 Å². The van der Waals surface area contributed by atoms with Crippen LogP contribution in [0.1, 0.15) is 6.92 Å². The van der Waals surface area contributed by atoms with E-state index in [0.717, 1.165) is 12.1 Å². The highest BCUT2D eigenvalue weighted by Gasteiger charge is 2.31. The largest absolute Gasteiger partial charge is 0.573 e. The Balaban J connectivity index is 1.95. The van der Waals surface area contributed by atoms with Crippen molar-refractivity contribution in [1.82, 2.24) is 0 Å². The second-order valence-corrected chi connectivity index (χ2v) is 5.16. The quantitative estimate of drug-likeness (QED) is 0.845. The summed E-state index contributed by atoms with van der Waals surface area (Å²) in [6, 6.07) is 11.5. The molecule has 0 spiro atoms. The second kappa shape index (κ2) is 7.44. The lowest BCUT2D eigenvalue weighted by Crippen LogP contribution is -2.30. The Morgan fingerprint density at radius 3 is 2.33 bits per heavy atom. The van der Waals surface area contributed by atoms with Crippen molar-refractivity contribution in [2.45, 2.75) is 19.4 Å². The molecule has 4 nitrogen and oxygen atoms in total. The molecule has 1 atom stereocenters. The molecule has 0 aliphatic rings. The van der Waals surface area contributed by atoms with Gasteiger partial charge in [-0.1, -0.05) is 23.7 Å². The topological polar surface area (TPSA) is 47.6 Å². The summed E-state index contributed by atoms with van der Waals surface area (Å²) in [5.74, 6) is -0.490. The lowest BCUT2D eigenvalue weighted by Gasteiger charge is -2.16. The molecule has 2 rings (SSSR count). The van der Waals surface area contributed by atoms with Crippen LogP contribution in [0.3, 0.4) is 0 Å². The third-order valence-electron chi connectivity index (χ3n) is 2.87. The fourth-order valence-corrected chi connectivity index (χ4v) is 1.95. The number of carbonyl (C=O) groups excluding carboxylic acids is 1. The van der Waals surface area contributed by atoms with Crippen LogP contribution in [-0.2, 0) is 4.79 Å². The Morgan fingerprint density at radius 1 is 1.12 bits per heavy atom. The lowest BCUT2D eigenvalue weighted by atomic mass is 10.2. The minimum absolute atomic E-state index is 0.309. The zero-order chi connectivity index (χ0) is 17.7. The molecule has 0 unspecified atom stereocenters. The monoisotopic (exact) mass is 359 g/mol. The van der Waals surface area contributed by atoms with Crippen LogP contribution in [0, 0.1) is 0 Å². The molecule has 0 radical (unpaired) electrons. The smallest absolute Gasteiger partial charge is 0.479 e. The van der Waals surface area contributed by atoms with Crippen molar-refractivity contribution in [3.63, 3.8) is 0 Å². The minimum Gasteiger partial charge on any atom is -0.479 e. The van der Waals surface area contributed by atoms with Crippen molar-refractivity contribution >= 4 is 23.2 Å². The van der Waals surface area contributed by atoms with Crippen LogP contribution >= 0.6 is 11.6 Å². The number of hydrogen-bond donors (Lipinski definition) is 1. The van der Waals surface area contributed by atoms with E-state index in [1.165, 1.54) is 19.1 Å². The van der Waals surface area contributed by atoms with E-state index in [-0.39, 0.29) is 5.75 Å². The number of nitrogens with one attached hydrogen (secondary N) is 1. The van der Waals surface area contributed by atoms with Gasteiger partial charge in [0.15, 0.2) is 6.10 Å². The van der Waals surface area contributed by atoms with Gasteiger partial charge in [0.1, 0.15) is 11.5 Å². The van der Waals surface area contributed by atoms with Crippen LogP contribution < -0.4 is 14.8 Å². The predicted molar refractivity (Wildman–Crippen MR) is 83.3 cm³/mol. The number of amides is 1. The van der Waals surface area contributed by atoms with E-state index in [2.05, 4.69) is 10.1 Å². The molecular weight excluding hydrogens is 347 g/mol. The van der Waals surface area contributed by atoms with Gasteiger partial charge >= 0.3 is 6.36 Å². The van der Waals surface area contributed by atoms with Gasteiger partial charge in [-0.3, -0.25) is 4.79 Å². The molecule has 24 heavy (non-hydrogen) atoms. The van der Waals surface area contributed by atoms with E-state index in [1.54, 1.807) is 24.3 Å². The van der Waals surface area contributed by atoms with Crippen LogP contribution in [0.15, 0.2) is 48.5 Å². The highest BCUT2D eigenvalue weighted by molar-refractivity contribution is 6.32. The molecule has 8 heteroatoms. The van der Waals surface area contributed by atoms with Gasteiger partial charge in [-0.2, -0.15) is 0 Å². The average molecular weight is 360 g/mol. The number of ether oxygens (including phenoxy) is 2. The third-order valence-corrected chi connectivity index (χ3v) is 3.18. The molecule has 0 saturated heterocycles. The lowest BCUT2D eigenvalue weighted by molar-refractivity contribution is -0.274. The van der Waals surface area contributed by atoms with Gasteiger partial charge in [0.05, 0.1) is 5.02 Å². The van der Waals surface area contributed by atoms with E-state index in [9.17, 15) is 18.0 Å². The summed E-state index contributed by atoms with van der Waals surface area (Å²) in [7, 11) is 0. The van der Waals surface area contributed by atoms with E-state index >= 15 is 0 Å². The van der Waals surface area contributed by atoms with Crippen molar-refractivity contribution in [3.8, 4) is 11.5 Å². The van der Waals surface area contributed by atoms with Crippen molar-refractivity contribution in [2.24, 2.45) is 0 Å². The molecule has 0 saturated carbocycles. The van der Waals surface area contributed by atoms with E-state index in [0.29, 0.717) is 16.5 Å². The number of anilines is 1. The van der Waals surface area contributed by atoms with E-state index < -0.39 is 18.4 Å². The third kappa shape index (κ3) is 5.34. The zero-order valence-corrected chi connectivity index (χ0v) is 13.2. The summed E-state index contributed by atoms with van der Waals surface area (Å²) in [5.41, 5.74) is 0.309. The summed E-state index contributed by atoms with van der Waals surface area (Å²) in [5, 5.41) is 2.89. The number of hydrogen-bond acceptors (Lipinski definition) is 3. The van der Waals surface area contributed by atoms with Crippen LogP contribution in [0.2, 0.25) is 5.02 Å². The number of benzene rings is 2. The second-order valence-electron chi connectivity index (χ2n) is 4.75. The van der Waals surface area contributed by atoms with E-state index in [4.69, 9.17) is 16.3 Å². The highest BCUT2D eigenvalue weighted by Crippen LogP contribution is 2.25. The Kier molecular flexibility index (Phi) is 5.56. The number of alkyl halides is 3. The Hall–Kier alpha value is -2.41. The number of para-hydroxylation sites is 1. The number of rotatable bonds is 5. The number of halogens is 4. The van der Waals surface area contributed by atoms with Gasteiger partial charge in [0.2, 0.25) is 0 Å². The molecule has 0 fully saturated rings. The predicted octanol–water partition coefficient (Wildman–Crippen LogP) is 4.64. The molecule has 0 aromatic heterocycles. The maximum Gasteiger partial charge on any atom is 0.573 e. The van der Waals surface area contributed by atoms with Crippen LogP contribution in [0.4, 0.5) is 18.9 Å². The maximum atomic E-state index is 12.1. The van der Waals surface area contributed by atoms with Gasteiger partial charge < -0.3 is 14.8 Å². The van der Waals surface area contributed by atoms with E-state index in [1.807, 2.05) is 0 Å². The first kappa shape index (κ1) is 17.9. The summed E-state index contributed by atoms with van der Waals surface area (Å²) in [6.07, 6.45) is -5.61. The van der Waals surface area contributed by atoms with Crippen molar-refractivity contribution < 1.29 is 27.4 Å². The zero-order valence-electron chi connectivity index (χ0n) is 12.4. The van der Waals surface area contributed by atoms with Gasteiger partial charge in [0.25, 0.3) is 5.91 Å². The summed E-state index contributed by atoms with van der Waals surface area (Å²) in [6.45, 7) is 1.53. The van der Waals surface area contributed by atoms with Crippen molar-refractivity contribution in [1.29, 1.82) is 0 Å². The van der Waals surface area contributed by atoms with Crippen molar-refractivity contribution in [3.05, 3.63) is 53.6 Å². The molecule has 1 N–H and O–H groups in total. The molecule has 128 valence electrons. The number of carbonyl (C=O) groups is 1. The molecule has 0 aliphatic heterocycles. The van der Waals surface area contributed by atoms with Crippen LogP contribution in [0.25, 0.3) is 0 Å². The van der Waals surface area contributed by atoms with Crippen LogP contribution in [-0.4, -0.2) is 18.4 Å². The van der Waals surface area contributed by atoms with Gasteiger partial charge in [0, 0.05) is 5.69 Å². The Morgan fingerprint density at radius 2 is 1.75 bits per heavy atom. The average Bonchev–Trinajstić information content (AvgIpc) is 2.50.